The van der Waals surface area contributed by atoms with Crippen LogP contribution < -0.4 is 5.32 Å². The Labute approximate surface area is 125 Å². The van der Waals surface area contributed by atoms with Crippen LogP contribution in [0.5, 0.6) is 0 Å². The maximum Gasteiger partial charge on any atom is 0.224 e. The van der Waals surface area contributed by atoms with Crippen LogP contribution in [0.3, 0.4) is 0 Å². The molecule has 0 bridgehead atoms. The highest BCUT2D eigenvalue weighted by atomic mass is 35.5. The van der Waals surface area contributed by atoms with E-state index in [-0.39, 0.29) is 11.1 Å². The Balaban J connectivity index is 2.11. The SMILES string of the molecule is Cc1cc(F)cc(C)c1Nc1nn(C)c2nc(Cl)ncc12. The molecule has 0 saturated heterocycles. The predicted octanol–water partition coefficient (Wildman–Crippen LogP) is 3.52. The van der Waals surface area contributed by atoms with Crippen LogP contribution in [0.25, 0.3) is 11.0 Å². The number of halogens is 2. The summed E-state index contributed by atoms with van der Waals surface area (Å²) >= 11 is 5.80. The summed E-state index contributed by atoms with van der Waals surface area (Å²) in [6.07, 6.45) is 1.62. The molecule has 0 aliphatic carbocycles. The van der Waals surface area contributed by atoms with Crippen molar-refractivity contribution >= 4 is 34.1 Å². The number of anilines is 2. The first-order chi connectivity index (χ1) is 9.95. The van der Waals surface area contributed by atoms with Crippen molar-refractivity contribution in [3.63, 3.8) is 0 Å². The summed E-state index contributed by atoms with van der Waals surface area (Å²) in [5, 5.41) is 8.54. The first-order valence-electron chi connectivity index (χ1n) is 6.34. The molecule has 0 aliphatic rings. The Morgan fingerprint density at radius 3 is 2.57 bits per heavy atom. The molecule has 0 amide bonds. The number of nitrogens with zero attached hydrogens (tertiary/aromatic N) is 4. The molecule has 2 heterocycles. The van der Waals surface area contributed by atoms with Gasteiger partial charge in [-0.25, -0.2) is 14.1 Å². The van der Waals surface area contributed by atoms with Crippen LogP contribution in [0.4, 0.5) is 15.9 Å². The lowest BCUT2D eigenvalue weighted by Crippen LogP contribution is -1.99. The molecule has 1 N–H and O–H groups in total. The molecule has 1 aromatic carbocycles. The van der Waals surface area contributed by atoms with E-state index >= 15 is 0 Å². The van der Waals surface area contributed by atoms with Gasteiger partial charge in [0, 0.05) is 18.9 Å². The van der Waals surface area contributed by atoms with E-state index < -0.39 is 0 Å². The summed E-state index contributed by atoms with van der Waals surface area (Å²) in [7, 11) is 1.78. The van der Waals surface area contributed by atoms with Crippen molar-refractivity contribution < 1.29 is 4.39 Å². The molecule has 0 fully saturated rings. The van der Waals surface area contributed by atoms with E-state index in [1.807, 2.05) is 13.8 Å². The zero-order valence-electron chi connectivity index (χ0n) is 11.8. The number of aromatic nitrogens is 4. The standard InChI is InChI=1S/C14H13ClFN5/c1-7-4-9(16)5-8(2)11(7)18-12-10-6-17-14(15)19-13(10)21(3)20-12/h4-6H,1-3H3,(H,18,20). The summed E-state index contributed by atoms with van der Waals surface area (Å²) in [5.41, 5.74) is 3.07. The van der Waals surface area contributed by atoms with Crippen LogP contribution in [-0.4, -0.2) is 19.7 Å². The van der Waals surface area contributed by atoms with E-state index in [4.69, 9.17) is 11.6 Å². The highest BCUT2D eigenvalue weighted by Crippen LogP contribution is 2.29. The third-order valence-corrected chi connectivity index (χ3v) is 3.47. The molecule has 0 radical (unpaired) electrons. The molecule has 3 rings (SSSR count). The molecule has 0 spiro atoms. The zero-order chi connectivity index (χ0) is 15.1. The van der Waals surface area contributed by atoms with Crippen LogP contribution in [0.15, 0.2) is 18.3 Å². The molecule has 0 aliphatic heterocycles. The van der Waals surface area contributed by atoms with Gasteiger partial charge in [-0.3, -0.25) is 0 Å². The summed E-state index contributed by atoms with van der Waals surface area (Å²) < 4.78 is 15.0. The summed E-state index contributed by atoms with van der Waals surface area (Å²) in [4.78, 5) is 8.13. The summed E-state index contributed by atoms with van der Waals surface area (Å²) in [6, 6.07) is 2.96. The second kappa shape index (κ2) is 4.96. The fourth-order valence-corrected chi connectivity index (χ4v) is 2.46. The van der Waals surface area contributed by atoms with E-state index in [0.29, 0.717) is 11.5 Å². The van der Waals surface area contributed by atoms with Gasteiger partial charge in [0.25, 0.3) is 0 Å². The van der Waals surface area contributed by atoms with E-state index in [9.17, 15) is 4.39 Å². The van der Waals surface area contributed by atoms with Gasteiger partial charge in [-0.2, -0.15) is 10.1 Å². The van der Waals surface area contributed by atoms with Gasteiger partial charge in [0.2, 0.25) is 5.28 Å². The maximum absolute atomic E-state index is 13.4. The number of rotatable bonds is 2. The molecule has 3 aromatic rings. The van der Waals surface area contributed by atoms with Crippen LogP contribution in [-0.2, 0) is 7.05 Å². The van der Waals surface area contributed by atoms with Crippen molar-refractivity contribution in [3.8, 4) is 0 Å². The van der Waals surface area contributed by atoms with Gasteiger partial charge < -0.3 is 5.32 Å². The van der Waals surface area contributed by atoms with Gasteiger partial charge in [-0.05, 0) is 48.7 Å². The van der Waals surface area contributed by atoms with Crippen LogP contribution in [0.2, 0.25) is 5.28 Å². The van der Waals surface area contributed by atoms with Crippen LogP contribution >= 0.6 is 11.6 Å². The number of nitrogens with one attached hydrogen (secondary N) is 1. The topological polar surface area (TPSA) is 55.6 Å². The normalized spacial score (nSPS) is 11.1. The maximum atomic E-state index is 13.4. The van der Waals surface area contributed by atoms with Crippen molar-refractivity contribution in [1.82, 2.24) is 19.7 Å². The van der Waals surface area contributed by atoms with Crippen molar-refractivity contribution in [1.29, 1.82) is 0 Å². The van der Waals surface area contributed by atoms with Crippen molar-refractivity contribution in [2.45, 2.75) is 13.8 Å². The van der Waals surface area contributed by atoms with E-state index in [1.165, 1.54) is 12.1 Å². The molecule has 21 heavy (non-hydrogen) atoms. The molecule has 0 saturated carbocycles. The molecule has 108 valence electrons. The smallest absolute Gasteiger partial charge is 0.224 e. The average Bonchev–Trinajstić information content (AvgIpc) is 2.70. The Bertz CT molecular complexity index is 820. The third kappa shape index (κ3) is 2.42. The lowest BCUT2D eigenvalue weighted by Gasteiger charge is -2.11. The molecule has 7 heteroatoms. The second-order valence-electron chi connectivity index (χ2n) is 4.89. The van der Waals surface area contributed by atoms with E-state index in [0.717, 1.165) is 22.2 Å². The molecule has 2 aromatic heterocycles. The first kappa shape index (κ1) is 13.8. The Hall–Kier alpha value is -2.21. The zero-order valence-corrected chi connectivity index (χ0v) is 12.5. The number of hydrogen-bond donors (Lipinski definition) is 1. The Kier molecular flexibility index (Phi) is 3.25. The average molecular weight is 306 g/mol. The van der Waals surface area contributed by atoms with Crippen molar-refractivity contribution in [2.75, 3.05) is 5.32 Å². The minimum Gasteiger partial charge on any atom is -0.338 e. The van der Waals surface area contributed by atoms with Gasteiger partial charge in [0.1, 0.15) is 5.82 Å². The molecular weight excluding hydrogens is 293 g/mol. The van der Waals surface area contributed by atoms with Gasteiger partial charge in [0.15, 0.2) is 11.5 Å². The number of aryl methyl sites for hydroxylation is 3. The minimum atomic E-state index is -0.253. The number of benzene rings is 1. The van der Waals surface area contributed by atoms with Crippen LogP contribution in [0, 0.1) is 19.7 Å². The van der Waals surface area contributed by atoms with E-state index in [1.54, 1.807) is 17.9 Å². The summed E-state index contributed by atoms with van der Waals surface area (Å²) in [6.45, 7) is 3.69. The van der Waals surface area contributed by atoms with Gasteiger partial charge in [0.05, 0.1) is 5.39 Å². The fraction of sp³-hybridized carbons (Fsp3) is 0.214. The van der Waals surface area contributed by atoms with Crippen molar-refractivity contribution in [2.24, 2.45) is 7.05 Å². The largest absolute Gasteiger partial charge is 0.338 e. The molecule has 0 atom stereocenters. The monoisotopic (exact) mass is 305 g/mol. The first-order valence-corrected chi connectivity index (χ1v) is 6.72. The Morgan fingerprint density at radius 1 is 1.24 bits per heavy atom. The van der Waals surface area contributed by atoms with E-state index in [2.05, 4.69) is 20.4 Å². The van der Waals surface area contributed by atoms with Gasteiger partial charge in [-0.1, -0.05) is 0 Å². The fourth-order valence-electron chi connectivity index (χ4n) is 2.34. The highest BCUT2D eigenvalue weighted by molar-refractivity contribution is 6.28. The molecular formula is C14H13ClFN5. The van der Waals surface area contributed by atoms with Gasteiger partial charge in [-0.15, -0.1) is 0 Å². The molecule has 0 unspecified atom stereocenters. The Morgan fingerprint density at radius 2 is 1.90 bits per heavy atom. The van der Waals surface area contributed by atoms with Crippen LogP contribution in [0.1, 0.15) is 11.1 Å². The van der Waals surface area contributed by atoms with Gasteiger partial charge >= 0.3 is 0 Å². The number of fused-ring (bicyclic) bond motifs is 1. The lowest BCUT2D eigenvalue weighted by atomic mass is 10.1. The highest BCUT2D eigenvalue weighted by Gasteiger charge is 2.13. The van der Waals surface area contributed by atoms with Crippen molar-refractivity contribution in [3.05, 3.63) is 40.6 Å². The molecule has 5 nitrogen and oxygen atoms in total. The second-order valence-corrected chi connectivity index (χ2v) is 5.23. The summed E-state index contributed by atoms with van der Waals surface area (Å²) in [5.74, 6) is 0.360. The third-order valence-electron chi connectivity index (χ3n) is 3.29. The minimum absolute atomic E-state index is 0.172. The number of hydrogen-bond acceptors (Lipinski definition) is 4. The predicted molar refractivity (Wildman–Crippen MR) is 80.5 cm³/mol. The lowest BCUT2D eigenvalue weighted by molar-refractivity contribution is 0.625. The quantitative estimate of drug-likeness (QED) is 0.736.